The molecule has 2 N–H and O–H groups in total. The molecular formula is C20H21NO5. The van der Waals surface area contributed by atoms with E-state index < -0.39 is 5.97 Å². The van der Waals surface area contributed by atoms with Gasteiger partial charge in [0, 0.05) is 17.9 Å². The molecular weight excluding hydrogens is 334 g/mol. The van der Waals surface area contributed by atoms with Gasteiger partial charge in [0.05, 0.1) is 11.7 Å². The van der Waals surface area contributed by atoms with Gasteiger partial charge < -0.3 is 19.9 Å². The van der Waals surface area contributed by atoms with E-state index in [2.05, 4.69) is 5.32 Å². The number of aromatic carboxylic acids is 1. The van der Waals surface area contributed by atoms with Gasteiger partial charge in [-0.15, -0.1) is 0 Å². The maximum absolute atomic E-state index is 12.3. The minimum absolute atomic E-state index is 0.142. The Morgan fingerprint density at radius 3 is 2.65 bits per heavy atom. The molecule has 0 spiro atoms. The van der Waals surface area contributed by atoms with Crippen LogP contribution < -0.4 is 10.1 Å². The van der Waals surface area contributed by atoms with Crippen molar-refractivity contribution >= 4 is 17.6 Å². The third kappa shape index (κ3) is 4.40. The van der Waals surface area contributed by atoms with Gasteiger partial charge in [0.25, 0.3) is 5.91 Å². The summed E-state index contributed by atoms with van der Waals surface area (Å²) in [6.07, 6.45) is 2.22. The number of carboxylic acid groups (broad SMARTS) is 1. The number of rotatable bonds is 6. The smallest absolute Gasteiger partial charge is 0.336 e. The maximum Gasteiger partial charge on any atom is 0.336 e. The fraction of sp³-hybridized carbons (Fsp3) is 0.300. The molecule has 26 heavy (non-hydrogen) atoms. The van der Waals surface area contributed by atoms with Crippen LogP contribution in [0.1, 0.15) is 39.1 Å². The summed E-state index contributed by atoms with van der Waals surface area (Å²) >= 11 is 0. The van der Waals surface area contributed by atoms with E-state index in [1.54, 1.807) is 43.3 Å². The van der Waals surface area contributed by atoms with E-state index in [0.29, 0.717) is 29.2 Å². The number of carbonyl (C=O) groups excluding carboxylic acids is 1. The predicted molar refractivity (Wildman–Crippen MR) is 97.0 cm³/mol. The number of hydrogen-bond acceptors (Lipinski definition) is 4. The highest BCUT2D eigenvalue weighted by Gasteiger charge is 2.16. The number of nitrogens with one attached hydrogen (secondary N) is 1. The number of benzene rings is 2. The van der Waals surface area contributed by atoms with Crippen LogP contribution in [-0.4, -0.2) is 36.3 Å². The van der Waals surface area contributed by atoms with Crippen LogP contribution in [0.25, 0.3) is 0 Å². The van der Waals surface area contributed by atoms with Gasteiger partial charge in [0.2, 0.25) is 0 Å². The number of aryl methyl sites for hydroxylation is 1. The topological polar surface area (TPSA) is 84.9 Å². The first-order chi connectivity index (χ1) is 12.5. The van der Waals surface area contributed by atoms with Crippen LogP contribution in [0.5, 0.6) is 5.75 Å². The van der Waals surface area contributed by atoms with E-state index in [4.69, 9.17) is 14.6 Å². The molecule has 1 amide bonds. The largest absolute Gasteiger partial charge is 0.491 e. The van der Waals surface area contributed by atoms with E-state index >= 15 is 0 Å². The maximum atomic E-state index is 12.3. The van der Waals surface area contributed by atoms with Gasteiger partial charge >= 0.3 is 5.97 Å². The van der Waals surface area contributed by atoms with E-state index in [1.165, 1.54) is 6.07 Å². The second kappa shape index (κ2) is 8.01. The number of anilines is 1. The first kappa shape index (κ1) is 17.9. The average molecular weight is 355 g/mol. The molecule has 2 aromatic rings. The molecule has 2 aromatic carbocycles. The highest BCUT2D eigenvalue weighted by molar-refractivity contribution is 6.05. The van der Waals surface area contributed by atoms with E-state index in [0.717, 1.165) is 19.4 Å². The molecule has 136 valence electrons. The lowest BCUT2D eigenvalue weighted by molar-refractivity contribution is 0.0679. The Morgan fingerprint density at radius 1 is 1.23 bits per heavy atom. The van der Waals surface area contributed by atoms with E-state index in [1.807, 2.05) is 0 Å². The minimum atomic E-state index is -1.02. The zero-order chi connectivity index (χ0) is 18.5. The summed E-state index contributed by atoms with van der Waals surface area (Å²) in [6, 6.07) is 11.6. The van der Waals surface area contributed by atoms with Crippen molar-refractivity contribution in [1.29, 1.82) is 0 Å². The molecule has 6 heteroatoms. The van der Waals surface area contributed by atoms with Gasteiger partial charge in [-0.05, 0) is 61.7 Å². The Balaban J connectivity index is 1.61. The second-order valence-electron chi connectivity index (χ2n) is 6.26. The van der Waals surface area contributed by atoms with Crippen LogP contribution in [-0.2, 0) is 4.74 Å². The van der Waals surface area contributed by atoms with Crippen LogP contribution >= 0.6 is 0 Å². The number of amides is 1. The third-order valence-electron chi connectivity index (χ3n) is 4.30. The third-order valence-corrected chi connectivity index (χ3v) is 4.30. The molecule has 1 heterocycles. The molecule has 3 rings (SSSR count). The second-order valence-corrected chi connectivity index (χ2v) is 6.26. The van der Waals surface area contributed by atoms with Gasteiger partial charge in [-0.1, -0.05) is 6.07 Å². The summed E-state index contributed by atoms with van der Waals surface area (Å²) in [4.78, 5) is 23.5. The molecule has 0 radical (unpaired) electrons. The average Bonchev–Trinajstić information content (AvgIpc) is 3.15. The Bertz CT molecular complexity index is 794. The minimum Gasteiger partial charge on any atom is -0.491 e. The van der Waals surface area contributed by atoms with Gasteiger partial charge in [0.15, 0.2) is 0 Å². The van der Waals surface area contributed by atoms with Crippen LogP contribution in [0.3, 0.4) is 0 Å². The van der Waals surface area contributed by atoms with E-state index in [-0.39, 0.29) is 17.6 Å². The molecule has 1 aliphatic rings. The molecule has 0 saturated carbocycles. The normalized spacial score (nSPS) is 16.3. The molecule has 1 fully saturated rings. The number of carboxylic acids is 1. The van der Waals surface area contributed by atoms with Crippen molar-refractivity contribution in [3.05, 3.63) is 59.2 Å². The van der Waals surface area contributed by atoms with Crippen molar-refractivity contribution in [3.8, 4) is 5.75 Å². The van der Waals surface area contributed by atoms with Gasteiger partial charge in [-0.2, -0.15) is 0 Å². The fourth-order valence-electron chi connectivity index (χ4n) is 2.80. The molecule has 1 atom stereocenters. The molecule has 1 aliphatic heterocycles. The zero-order valence-electron chi connectivity index (χ0n) is 14.5. The summed E-state index contributed by atoms with van der Waals surface area (Å²) in [6.45, 7) is 3.01. The van der Waals surface area contributed by atoms with Crippen molar-refractivity contribution in [2.75, 3.05) is 18.5 Å². The van der Waals surface area contributed by atoms with Gasteiger partial charge in [-0.3, -0.25) is 4.79 Å². The lowest BCUT2D eigenvalue weighted by Gasteiger charge is -2.12. The summed E-state index contributed by atoms with van der Waals surface area (Å²) in [7, 11) is 0. The summed E-state index contributed by atoms with van der Waals surface area (Å²) in [5.74, 6) is -0.650. The molecule has 0 bridgehead atoms. The number of carbonyl (C=O) groups is 2. The molecule has 1 saturated heterocycles. The SMILES string of the molecule is Cc1ccc(NC(=O)c2ccc(OCC3CCCO3)cc2)cc1C(=O)O. The highest BCUT2D eigenvalue weighted by Crippen LogP contribution is 2.19. The molecule has 6 nitrogen and oxygen atoms in total. The number of ether oxygens (including phenoxy) is 2. The quantitative estimate of drug-likeness (QED) is 0.828. The summed E-state index contributed by atoms with van der Waals surface area (Å²) in [5.41, 5.74) is 1.72. The monoisotopic (exact) mass is 355 g/mol. The summed E-state index contributed by atoms with van der Waals surface area (Å²) < 4.78 is 11.2. The Labute approximate surface area is 151 Å². The first-order valence-corrected chi connectivity index (χ1v) is 8.52. The Hall–Kier alpha value is -2.86. The molecule has 0 aromatic heterocycles. The lowest BCUT2D eigenvalue weighted by Crippen LogP contribution is -2.16. The van der Waals surface area contributed by atoms with Crippen molar-refractivity contribution in [3.63, 3.8) is 0 Å². The molecule has 0 aliphatic carbocycles. The highest BCUT2D eigenvalue weighted by atomic mass is 16.5. The van der Waals surface area contributed by atoms with Crippen molar-refractivity contribution in [2.45, 2.75) is 25.9 Å². The van der Waals surface area contributed by atoms with Crippen LogP contribution in [0.15, 0.2) is 42.5 Å². The lowest BCUT2D eigenvalue weighted by atomic mass is 10.1. The first-order valence-electron chi connectivity index (χ1n) is 8.52. The van der Waals surface area contributed by atoms with Crippen molar-refractivity contribution < 1.29 is 24.2 Å². The zero-order valence-corrected chi connectivity index (χ0v) is 14.5. The van der Waals surface area contributed by atoms with Gasteiger partial charge in [-0.25, -0.2) is 4.79 Å². The van der Waals surface area contributed by atoms with Crippen LogP contribution in [0, 0.1) is 6.92 Å². The predicted octanol–water partition coefficient (Wildman–Crippen LogP) is 3.50. The van der Waals surface area contributed by atoms with E-state index in [9.17, 15) is 9.59 Å². The summed E-state index contributed by atoms with van der Waals surface area (Å²) in [5, 5.41) is 11.9. The van der Waals surface area contributed by atoms with Gasteiger partial charge in [0.1, 0.15) is 12.4 Å². The molecule has 1 unspecified atom stereocenters. The van der Waals surface area contributed by atoms with Crippen molar-refractivity contribution in [2.24, 2.45) is 0 Å². The Kier molecular flexibility index (Phi) is 5.53. The number of hydrogen-bond donors (Lipinski definition) is 2. The Morgan fingerprint density at radius 2 is 2.00 bits per heavy atom. The standard InChI is InChI=1S/C20H21NO5/c1-13-4-7-15(11-18(13)20(23)24)21-19(22)14-5-8-16(9-6-14)26-12-17-3-2-10-25-17/h4-9,11,17H,2-3,10,12H2,1H3,(H,21,22)(H,23,24). The van der Waals surface area contributed by atoms with Crippen LogP contribution in [0.2, 0.25) is 0 Å². The van der Waals surface area contributed by atoms with Crippen LogP contribution in [0.4, 0.5) is 5.69 Å². The van der Waals surface area contributed by atoms with Crippen molar-refractivity contribution in [1.82, 2.24) is 0 Å². The fourth-order valence-corrected chi connectivity index (χ4v) is 2.80.